The number of alkyl carbamates (subject to hydrolysis) is 1. The number of rotatable bonds is 2. The molecule has 1 aliphatic heterocycles. The number of aromatic nitrogens is 2. The molecular formula is C19H25N5O2. The van der Waals surface area contributed by atoms with E-state index in [0.717, 1.165) is 48.2 Å². The summed E-state index contributed by atoms with van der Waals surface area (Å²) in [5, 5.41) is 13.5. The molecule has 26 heavy (non-hydrogen) atoms. The Bertz CT molecular complexity index is 851. The van der Waals surface area contributed by atoms with Crippen molar-refractivity contribution in [3.05, 3.63) is 23.5 Å². The minimum absolute atomic E-state index is 0.0799. The predicted molar refractivity (Wildman–Crippen MR) is 100 cm³/mol. The summed E-state index contributed by atoms with van der Waals surface area (Å²) in [7, 11) is 0. The van der Waals surface area contributed by atoms with Gasteiger partial charge in [-0.1, -0.05) is 0 Å². The second-order valence-electron chi connectivity index (χ2n) is 7.74. The molecule has 1 fully saturated rings. The lowest BCUT2D eigenvalue weighted by atomic mass is 10.0. The molecule has 0 aliphatic carbocycles. The fourth-order valence-electron chi connectivity index (χ4n) is 3.37. The number of carbonyl (C=O) groups is 1. The molecular weight excluding hydrogens is 330 g/mol. The van der Waals surface area contributed by atoms with Gasteiger partial charge in [0.05, 0.1) is 11.3 Å². The Morgan fingerprint density at radius 3 is 2.73 bits per heavy atom. The van der Waals surface area contributed by atoms with E-state index in [1.807, 2.05) is 33.9 Å². The number of nitrogens with one attached hydrogen (secondary N) is 2. The number of hydrogen-bond donors (Lipinski definition) is 2. The number of aryl methyl sites for hydroxylation is 1. The van der Waals surface area contributed by atoms with E-state index in [1.54, 1.807) is 6.20 Å². The third-order valence-corrected chi connectivity index (χ3v) is 4.52. The van der Waals surface area contributed by atoms with Crippen molar-refractivity contribution in [3.8, 4) is 6.07 Å². The first-order valence-corrected chi connectivity index (χ1v) is 8.90. The standard InChI is InChI=1S/C19H25N5O2/c1-12-10-21-17-15(12)16(13(9-20)11-22-17)24-7-5-14(6-8-24)23-18(25)26-19(2,3)4/h10-11,14H,5-8H2,1-4H3,(H,21,22)(H,23,25). The zero-order valence-electron chi connectivity index (χ0n) is 15.7. The number of fused-ring (bicyclic) bond motifs is 1. The molecule has 2 aromatic heterocycles. The summed E-state index contributed by atoms with van der Waals surface area (Å²) in [5.74, 6) is 0. The summed E-state index contributed by atoms with van der Waals surface area (Å²) in [6, 6.07) is 2.34. The van der Waals surface area contributed by atoms with Gasteiger partial charge < -0.3 is 19.9 Å². The summed E-state index contributed by atoms with van der Waals surface area (Å²) in [6.07, 6.45) is 4.77. The summed E-state index contributed by atoms with van der Waals surface area (Å²) >= 11 is 0. The van der Waals surface area contributed by atoms with Crippen molar-refractivity contribution < 1.29 is 9.53 Å². The van der Waals surface area contributed by atoms with Crippen molar-refractivity contribution in [1.82, 2.24) is 15.3 Å². The largest absolute Gasteiger partial charge is 0.444 e. The van der Waals surface area contributed by atoms with Gasteiger partial charge in [-0.15, -0.1) is 0 Å². The number of nitrogens with zero attached hydrogens (tertiary/aromatic N) is 3. The normalized spacial score (nSPS) is 15.7. The fraction of sp³-hybridized carbons (Fsp3) is 0.526. The highest BCUT2D eigenvalue weighted by Gasteiger charge is 2.26. The van der Waals surface area contributed by atoms with Gasteiger partial charge in [0.25, 0.3) is 0 Å². The predicted octanol–water partition coefficient (Wildman–Crippen LogP) is 3.24. The zero-order valence-corrected chi connectivity index (χ0v) is 15.7. The number of piperidine rings is 1. The first-order chi connectivity index (χ1) is 12.3. The summed E-state index contributed by atoms with van der Waals surface area (Å²) in [6.45, 7) is 9.10. The highest BCUT2D eigenvalue weighted by atomic mass is 16.6. The van der Waals surface area contributed by atoms with Crippen LogP contribution < -0.4 is 10.2 Å². The number of aromatic amines is 1. The molecule has 1 amide bonds. The van der Waals surface area contributed by atoms with E-state index >= 15 is 0 Å². The van der Waals surface area contributed by atoms with Crippen LogP contribution in [0.15, 0.2) is 12.4 Å². The van der Waals surface area contributed by atoms with Crippen LogP contribution in [-0.2, 0) is 4.74 Å². The average molecular weight is 355 g/mol. The Morgan fingerprint density at radius 1 is 1.42 bits per heavy atom. The first kappa shape index (κ1) is 18.1. The fourth-order valence-corrected chi connectivity index (χ4v) is 3.37. The van der Waals surface area contributed by atoms with Gasteiger partial charge in [0.15, 0.2) is 0 Å². The molecule has 3 rings (SSSR count). The molecule has 138 valence electrons. The van der Waals surface area contributed by atoms with Crippen LogP contribution in [0.2, 0.25) is 0 Å². The summed E-state index contributed by atoms with van der Waals surface area (Å²) in [5.41, 5.74) is 2.89. The van der Waals surface area contributed by atoms with Gasteiger partial charge in [-0.3, -0.25) is 0 Å². The quantitative estimate of drug-likeness (QED) is 0.862. The third kappa shape index (κ3) is 3.74. The molecule has 0 saturated carbocycles. The number of anilines is 1. The summed E-state index contributed by atoms with van der Waals surface area (Å²) in [4.78, 5) is 21.7. The Balaban J connectivity index is 1.73. The molecule has 0 unspecified atom stereocenters. The van der Waals surface area contributed by atoms with E-state index in [-0.39, 0.29) is 12.1 Å². The molecule has 2 N–H and O–H groups in total. The number of carbonyl (C=O) groups excluding carboxylic acids is 1. The number of H-pyrrole nitrogens is 1. The third-order valence-electron chi connectivity index (χ3n) is 4.52. The minimum Gasteiger partial charge on any atom is -0.444 e. The SMILES string of the molecule is Cc1c[nH]c2ncc(C#N)c(N3CCC(NC(=O)OC(C)(C)C)CC3)c12. The molecule has 7 nitrogen and oxygen atoms in total. The van der Waals surface area contributed by atoms with Crippen molar-refractivity contribution in [2.45, 2.75) is 52.2 Å². The van der Waals surface area contributed by atoms with Gasteiger partial charge in [0.1, 0.15) is 17.3 Å². The van der Waals surface area contributed by atoms with Gasteiger partial charge in [0, 0.05) is 36.9 Å². The maximum atomic E-state index is 12.0. The van der Waals surface area contributed by atoms with Crippen molar-refractivity contribution in [2.75, 3.05) is 18.0 Å². The van der Waals surface area contributed by atoms with Gasteiger partial charge in [-0.25, -0.2) is 9.78 Å². The van der Waals surface area contributed by atoms with Gasteiger partial charge in [-0.05, 0) is 46.1 Å². The average Bonchev–Trinajstić information content (AvgIpc) is 2.94. The maximum Gasteiger partial charge on any atom is 0.407 e. The lowest BCUT2D eigenvalue weighted by Gasteiger charge is -2.35. The molecule has 7 heteroatoms. The molecule has 0 radical (unpaired) electrons. The highest BCUT2D eigenvalue weighted by Crippen LogP contribution is 2.33. The minimum atomic E-state index is -0.499. The van der Waals surface area contributed by atoms with Crippen LogP contribution in [-0.4, -0.2) is 40.8 Å². The van der Waals surface area contributed by atoms with Crippen LogP contribution in [0, 0.1) is 18.3 Å². The van der Waals surface area contributed by atoms with Crippen molar-refractivity contribution in [3.63, 3.8) is 0 Å². The van der Waals surface area contributed by atoms with E-state index < -0.39 is 5.60 Å². The van der Waals surface area contributed by atoms with Crippen LogP contribution in [0.4, 0.5) is 10.5 Å². The van der Waals surface area contributed by atoms with Crippen LogP contribution in [0.3, 0.4) is 0 Å². The van der Waals surface area contributed by atoms with Crippen LogP contribution in [0.25, 0.3) is 11.0 Å². The highest BCUT2D eigenvalue weighted by molar-refractivity contribution is 5.95. The Morgan fingerprint density at radius 2 is 2.12 bits per heavy atom. The van der Waals surface area contributed by atoms with Gasteiger partial charge in [-0.2, -0.15) is 5.26 Å². The maximum absolute atomic E-state index is 12.0. The van der Waals surface area contributed by atoms with E-state index in [0.29, 0.717) is 5.56 Å². The molecule has 0 bridgehead atoms. The molecule has 2 aromatic rings. The lowest BCUT2D eigenvalue weighted by Crippen LogP contribution is -2.46. The topological polar surface area (TPSA) is 94.0 Å². The van der Waals surface area contributed by atoms with Crippen LogP contribution >= 0.6 is 0 Å². The molecule has 0 atom stereocenters. The smallest absolute Gasteiger partial charge is 0.407 e. The Hall–Kier alpha value is -2.75. The lowest BCUT2D eigenvalue weighted by molar-refractivity contribution is 0.0497. The molecule has 0 aromatic carbocycles. The first-order valence-electron chi connectivity index (χ1n) is 8.90. The molecule has 0 spiro atoms. The van der Waals surface area contributed by atoms with Gasteiger partial charge >= 0.3 is 6.09 Å². The monoisotopic (exact) mass is 355 g/mol. The second kappa shape index (κ2) is 6.87. The van der Waals surface area contributed by atoms with E-state index in [1.165, 1.54) is 0 Å². The van der Waals surface area contributed by atoms with Crippen molar-refractivity contribution in [1.29, 1.82) is 5.26 Å². The molecule has 1 aliphatic rings. The number of nitriles is 1. The van der Waals surface area contributed by atoms with E-state index in [9.17, 15) is 10.1 Å². The van der Waals surface area contributed by atoms with E-state index in [4.69, 9.17) is 4.74 Å². The van der Waals surface area contributed by atoms with Crippen LogP contribution in [0.5, 0.6) is 0 Å². The number of ether oxygens (including phenoxy) is 1. The number of pyridine rings is 1. The molecule has 3 heterocycles. The van der Waals surface area contributed by atoms with Gasteiger partial charge in [0.2, 0.25) is 0 Å². The molecule has 1 saturated heterocycles. The Labute approximate surface area is 153 Å². The zero-order chi connectivity index (χ0) is 18.9. The summed E-state index contributed by atoms with van der Waals surface area (Å²) < 4.78 is 5.33. The number of amides is 1. The van der Waals surface area contributed by atoms with E-state index in [2.05, 4.69) is 26.3 Å². The van der Waals surface area contributed by atoms with Crippen LogP contribution in [0.1, 0.15) is 44.7 Å². The van der Waals surface area contributed by atoms with Crippen molar-refractivity contribution >= 4 is 22.8 Å². The Kier molecular flexibility index (Phi) is 4.77. The number of hydrogen-bond acceptors (Lipinski definition) is 5. The second-order valence-corrected chi connectivity index (χ2v) is 7.74. The van der Waals surface area contributed by atoms with Crippen molar-refractivity contribution in [2.24, 2.45) is 0 Å².